The second kappa shape index (κ2) is 7.28. The highest BCUT2D eigenvalue weighted by atomic mass is 16.3. The standard InChI is InChI=1S/C14H25N3O2/c1-4-5-12(17-7-6-15-11-17)8-13(19)16-9-14(2,3)10-18/h6-7,11-12,18H,4-5,8-10H2,1-3H3,(H,16,19). The zero-order chi connectivity index (χ0) is 14.3. The molecule has 108 valence electrons. The van der Waals surface area contributed by atoms with Crippen LogP contribution in [0.1, 0.15) is 46.1 Å². The number of aliphatic hydroxyl groups excluding tert-OH is 1. The highest BCUT2D eigenvalue weighted by molar-refractivity contribution is 5.76. The van der Waals surface area contributed by atoms with E-state index in [1.165, 1.54) is 0 Å². The molecule has 0 aliphatic heterocycles. The van der Waals surface area contributed by atoms with Crippen molar-refractivity contribution in [3.05, 3.63) is 18.7 Å². The second-order valence-electron chi connectivity index (χ2n) is 5.76. The summed E-state index contributed by atoms with van der Waals surface area (Å²) in [6.45, 7) is 6.51. The van der Waals surface area contributed by atoms with Gasteiger partial charge in [0.15, 0.2) is 0 Å². The van der Waals surface area contributed by atoms with Gasteiger partial charge < -0.3 is 15.0 Å². The summed E-state index contributed by atoms with van der Waals surface area (Å²) in [5.74, 6) is 0.0219. The predicted octanol–water partition coefficient (Wildman–Crippen LogP) is 1.75. The summed E-state index contributed by atoms with van der Waals surface area (Å²) in [6, 6.07) is 0.157. The number of carbonyl (C=O) groups is 1. The molecule has 5 heteroatoms. The van der Waals surface area contributed by atoms with E-state index in [0.29, 0.717) is 13.0 Å². The Hall–Kier alpha value is -1.36. The minimum absolute atomic E-state index is 0.0219. The third-order valence-corrected chi connectivity index (χ3v) is 3.18. The van der Waals surface area contributed by atoms with Crippen molar-refractivity contribution in [2.24, 2.45) is 5.41 Å². The van der Waals surface area contributed by atoms with Crippen LogP contribution in [-0.4, -0.2) is 33.7 Å². The normalized spacial score (nSPS) is 13.3. The number of rotatable bonds is 8. The molecular weight excluding hydrogens is 242 g/mol. The molecule has 0 saturated carbocycles. The zero-order valence-corrected chi connectivity index (χ0v) is 12.1. The Morgan fingerprint density at radius 1 is 1.53 bits per heavy atom. The van der Waals surface area contributed by atoms with E-state index in [2.05, 4.69) is 17.2 Å². The first-order valence-electron chi connectivity index (χ1n) is 6.83. The molecule has 0 spiro atoms. The van der Waals surface area contributed by atoms with Crippen LogP contribution in [0.15, 0.2) is 18.7 Å². The molecule has 1 aromatic heterocycles. The lowest BCUT2D eigenvalue weighted by molar-refractivity contribution is -0.122. The van der Waals surface area contributed by atoms with E-state index >= 15 is 0 Å². The van der Waals surface area contributed by atoms with Crippen molar-refractivity contribution in [3.8, 4) is 0 Å². The van der Waals surface area contributed by atoms with Crippen LogP contribution in [0.3, 0.4) is 0 Å². The van der Waals surface area contributed by atoms with Crippen molar-refractivity contribution in [1.82, 2.24) is 14.9 Å². The van der Waals surface area contributed by atoms with E-state index < -0.39 is 0 Å². The first-order chi connectivity index (χ1) is 8.98. The van der Waals surface area contributed by atoms with Crippen molar-refractivity contribution in [2.75, 3.05) is 13.2 Å². The number of hydrogen-bond acceptors (Lipinski definition) is 3. The van der Waals surface area contributed by atoms with Gasteiger partial charge in [-0.3, -0.25) is 4.79 Å². The first-order valence-corrected chi connectivity index (χ1v) is 6.83. The van der Waals surface area contributed by atoms with Crippen molar-refractivity contribution < 1.29 is 9.90 Å². The molecular formula is C14H25N3O2. The van der Waals surface area contributed by atoms with Crippen LogP contribution in [0.25, 0.3) is 0 Å². The maximum absolute atomic E-state index is 12.0. The number of nitrogens with one attached hydrogen (secondary N) is 1. The number of aromatic nitrogens is 2. The van der Waals surface area contributed by atoms with Gasteiger partial charge in [-0.1, -0.05) is 27.2 Å². The lowest BCUT2D eigenvalue weighted by Gasteiger charge is -2.23. The first kappa shape index (κ1) is 15.7. The van der Waals surface area contributed by atoms with Gasteiger partial charge >= 0.3 is 0 Å². The van der Waals surface area contributed by atoms with E-state index in [0.717, 1.165) is 12.8 Å². The predicted molar refractivity (Wildman–Crippen MR) is 74.7 cm³/mol. The van der Waals surface area contributed by atoms with Crippen LogP contribution < -0.4 is 5.32 Å². The summed E-state index contributed by atoms with van der Waals surface area (Å²) >= 11 is 0. The lowest BCUT2D eigenvalue weighted by Crippen LogP contribution is -2.36. The van der Waals surface area contributed by atoms with Gasteiger partial charge in [-0.15, -0.1) is 0 Å². The quantitative estimate of drug-likeness (QED) is 0.754. The molecule has 0 saturated heterocycles. The fourth-order valence-electron chi connectivity index (χ4n) is 1.86. The fraction of sp³-hybridized carbons (Fsp3) is 0.714. The van der Waals surface area contributed by atoms with Gasteiger partial charge in [0.25, 0.3) is 0 Å². The van der Waals surface area contributed by atoms with Crippen molar-refractivity contribution in [1.29, 1.82) is 0 Å². The molecule has 1 unspecified atom stereocenters. The minimum Gasteiger partial charge on any atom is -0.396 e. The largest absolute Gasteiger partial charge is 0.396 e. The van der Waals surface area contributed by atoms with Gasteiger partial charge in [0, 0.05) is 43.4 Å². The summed E-state index contributed by atoms with van der Waals surface area (Å²) in [4.78, 5) is 16.0. The van der Waals surface area contributed by atoms with E-state index in [4.69, 9.17) is 5.11 Å². The Balaban J connectivity index is 2.48. The number of hydrogen-bond donors (Lipinski definition) is 2. The molecule has 19 heavy (non-hydrogen) atoms. The maximum atomic E-state index is 12.0. The summed E-state index contributed by atoms with van der Waals surface area (Å²) in [6.07, 6.45) is 7.81. The molecule has 1 atom stereocenters. The van der Waals surface area contributed by atoms with Crippen LogP contribution in [0.2, 0.25) is 0 Å². The van der Waals surface area contributed by atoms with Crippen LogP contribution >= 0.6 is 0 Å². The SMILES string of the molecule is CCCC(CC(=O)NCC(C)(C)CO)n1ccnc1. The van der Waals surface area contributed by atoms with E-state index in [1.807, 2.05) is 24.6 Å². The topological polar surface area (TPSA) is 67.2 Å². The number of nitrogens with zero attached hydrogens (tertiary/aromatic N) is 2. The molecule has 0 radical (unpaired) electrons. The van der Waals surface area contributed by atoms with Crippen LogP contribution in [0, 0.1) is 5.41 Å². The van der Waals surface area contributed by atoms with Crippen LogP contribution in [0.4, 0.5) is 0 Å². The molecule has 1 rings (SSSR count). The number of aliphatic hydroxyl groups is 1. The number of carbonyl (C=O) groups excluding carboxylic acids is 1. The van der Waals surface area contributed by atoms with Gasteiger partial charge in [-0.25, -0.2) is 4.98 Å². The van der Waals surface area contributed by atoms with E-state index in [-0.39, 0.29) is 24.0 Å². The smallest absolute Gasteiger partial charge is 0.222 e. The number of amides is 1. The van der Waals surface area contributed by atoms with Gasteiger partial charge in [-0.05, 0) is 6.42 Å². The van der Waals surface area contributed by atoms with E-state index in [9.17, 15) is 4.79 Å². The summed E-state index contributed by atoms with van der Waals surface area (Å²) in [5.41, 5.74) is -0.273. The maximum Gasteiger partial charge on any atom is 0.222 e. The third kappa shape index (κ3) is 5.42. The lowest BCUT2D eigenvalue weighted by atomic mass is 9.95. The summed E-state index contributed by atoms with van der Waals surface area (Å²) in [7, 11) is 0. The van der Waals surface area contributed by atoms with Gasteiger partial charge in [-0.2, -0.15) is 0 Å². The Morgan fingerprint density at radius 2 is 2.26 bits per heavy atom. The summed E-state index contributed by atoms with van der Waals surface area (Å²) < 4.78 is 1.99. The molecule has 0 fully saturated rings. The number of imidazole rings is 1. The van der Waals surface area contributed by atoms with Crippen molar-refractivity contribution in [2.45, 2.75) is 46.1 Å². The highest BCUT2D eigenvalue weighted by Crippen LogP contribution is 2.18. The zero-order valence-electron chi connectivity index (χ0n) is 12.1. The molecule has 1 amide bonds. The van der Waals surface area contributed by atoms with Crippen LogP contribution in [-0.2, 0) is 4.79 Å². The minimum atomic E-state index is -0.273. The molecule has 1 aromatic rings. The van der Waals surface area contributed by atoms with Gasteiger partial charge in [0.1, 0.15) is 0 Å². The average Bonchev–Trinajstić information content (AvgIpc) is 2.90. The molecule has 0 aliphatic carbocycles. The van der Waals surface area contributed by atoms with Crippen LogP contribution in [0.5, 0.6) is 0 Å². The van der Waals surface area contributed by atoms with Gasteiger partial charge in [0.2, 0.25) is 5.91 Å². The molecule has 0 aliphatic rings. The molecule has 0 bridgehead atoms. The van der Waals surface area contributed by atoms with Gasteiger partial charge in [0.05, 0.1) is 6.33 Å². The molecule has 0 aromatic carbocycles. The Labute approximate surface area is 115 Å². The Bertz CT molecular complexity index is 374. The second-order valence-corrected chi connectivity index (χ2v) is 5.76. The monoisotopic (exact) mass is 267 g/mol. The summed E-state index contributed by atoms with van der Waals surface area (Å²) in [5, 5.41) is 12.1. The average molecular weight is 267 g/mol. The molecule has 5 nitrogen and oxygen atoms in total. The molecule has 2 N–H and O–H groups in total. The Kier molecular flexibility index (Phi) is 6.02. The Morgan fingerprint density at radius 3 is 2.79 bits per heavy atom. The fourth-order valence-corrected chi connectivity index (χ4v) is 1.86. The van der Waals surface area contributed by atoms with E-state index in [1.54, 1.807) is 12.5 Å². The highest BCUT2D eigenvalue weighted by Gasteiger charge is 2.19. The molecule has 1 heterocycles. The van der Waals surface area contributed by atoms with Crippen molar-refractivity contribution in [3.63, 3.8) is 0 Å². The van der Waals surface area contributed by atoms with Crippen molar-refractivity contribution >= 4 is 5.91 Å². The third-order valence-electron chi connectivity index (χ3n) is 3.18.